The van der Waals surface area contributed by atoms with Gasteiger partial charge in [-0.15, -0.1) is 0 Å². The first-order valence-electron chi connectivity index (χ1n) is 9.40. The third-order valence-electron chi connectivity index (χ3n) is 4.28. The lowest BCUT2D eigenvalue weighted by Crippen LogP contribution is -2.42. The van der Waals surface area contributed by atoms with Crippen LogP contribution in [0.4, 0.5) is 26.6 Å². The van der Waals surface area contributed by atoms with E-state index in [0.29, 0.717) is 19.0 Å². The van der Waals surface area contributed by atoms with Crippen LogP contribution in [0.2, 0.25) is 0 Å². The number of likely N-dealkylation sites (tertiary alicyclic amines) is 1. The summed E-state index contributed by atoms with van der Waals surface area (Å²) < 4.78 is 19.6. The molecule has 150 valence electrons. The van der Waals surface area contributed by atoms with Crippen molar-refractivity contribution >= 4 is 23.5 Å². The van der Waals surface area contributed by atoms with E-state index in [2.05, 4.69) is 20.6 Å². The number of amides is 1. The van der Waals surface area contributed by atoms with Gasteiger partial charge in [0.15, 0.2) is 11.6 Å². The van der Waals surface area contributed by atoms with Gasteiger partial charge in [0.25, 0.3) is 0 Å². The molecule has 1 amide bonds. The molecule has 0 radical (unpaired) electrons. The molecule has 0 spiro atoms. The summed E-state index contributed by atoms with van der Waals surface area (Å²) in [6, 6.07) is 9.34. The van der Waals surface area contributed by atoms with Gasteiger partial charge in [-0.2, -0.15) is 4.98 Å². The average molecular weight is 387 g/mol. The van der Waals surface area contributed by atoms with E-state index in [9.17, 15) is 9.18 Å². The second-order valence-corrected chi connectivity index (χ2v) is 7.73. The Morgan fingerprint density at radius 2 is 2.07 bits per heavy atom. The lowest BCUT2D eigenvalue weighted by molar-refractivity contribution is 0.0235. The molecule has 1 aromatic carbocycles. The smallest absolute Gasteiger partial charge is 0.410 e. The zero-order valence-electron chi connectivity index (χ0n) is 16.4. The van der Waals surface area contributed by atoms with Crippen molar-refractivity contribution in [2.24, 2.45) is 0 Å². The highest BCUT2D eigenvalue weighted by atomic mass is 19.1. The highest BCUT2D eigenvalue weighted by molar-refractivity contribution is 5.69. The van der Waals surface area contributed by atoms with Gasteiger partial charge in [0, 0.05) is 18.8 Å². The number of anilines is 3. The number of carbonyl (C=O) groups is 1. The van der Waals surface area contributed by atoms with Crippen LogP contribution < -0.4 is 10.6 Å². The van der Waals surface area contributed by atoms with E-state index in [0.717, 1.165) is 24.7 Å². The van der Waals surface area contributed by atoms with Crippen molar-refractivity contribution in [2.45, 2.75) is 45.3 Å². The molecule has 0 bridgehead atoms. The first kappa shape index (κ1) is 19.9. The van der Waals surface area contributed by atoms with Gasteiger partial charge >= 0.3 is 6.09 Å². The van der Waals surface area contributed by atoms with Crippen LogP contribution in [-0.2, 0) is 4.74 Å². The molecule has 28 heavy (non-hydrogen) atoms. The van der Waals surface area contributed by atoms with Crippen LogP contribution in [0.1, 0.15) is 33.6 Å². The summed E-state index contributed by atoms with van der Waals surface area (Å²) in [5.41, 5.74) is 0.265. The van der Waals surface area contributed by atoms with Crippen LogP contribution in [-0.4, -0.2) is 45.7 Å². The predicted molar refractivity (Wildman–Crippen MR) is 106 cm³/mol. The van der Waals surface area contributed by atoms with Crippen molar-refractivity contribution in [1.82, 2.24) is 14.9 Å². The number of para-hydroxylation sites is 1. The summed E-state index contributed by atoms with van der Waals surface area (Å²) in [5.74, 6) is -0.143. The number of benzene rings is 1. The second-order valence-electron chi connectivity index (χ2n) is 7.73. The van der Waals surface area contributed by atoms with Crippen molar-refractivity contribution in [3.05, 3.63) is 42.3 Å². The van der Waals surface area contributed by atoms with Gasteiger partial charge in [0.05, 0.1) is 12.2 Å². The number of aromatic nitrogens is 2. The summed E-state index contributed by atoms with van der Waals surface area (Å²) in [7, 11) is 0. The Kier molecular flexibility index (Phi) is 5.96. The lowest BCUT2D eigenvalue weighted by Gasteiger charge is -2.28. The minimum atomic E-state index is -0.547. The van der Waals surface area contributed by atoms with Crippen molar-refractivity contribution in [3.63, 3.8) is 0 Å². The average Bonchev–Trinajstić information content (AvgIpc) is 3.10. The van der Waals surface area contributed by atoms with Gasteiger partial charge in [0.2, 0.25) is 5.95 Å². The summed E-state index contributed by atoms with van der Waals surface area (Å²) in [4.78, 5) is 22.3. The van der Waals surface area contributed by atoms with Crippen LogP contribution in [0.25, 0.3) is 0 Å². The first-order valence-corrected chi connectivity index (χ1v) is 9.40. The fourth-order valence-corrected chi connectivity index (χ4v) is 3.03. The van der Waals surface area contributed by atoms with Gasteiger partial charge < -0.3 is 20.3 Å². The molecule has 1 unspecified atom stereocenters. The van der Waals surface area contributed by atoms with E-state index < -0.39 is 11.4 Å². The SMILES string of the molecule is CC(C)(C)OC(=O)N1CCCC1CNc1nc(Nc2ccccc2)ncc1F. The summed E-state index contributed by atoms with van der Waals surface area (Å²) >= 11 is 0. The Bertz CT molecular complexity index is 810. The van der Waals surface area contributed by atoms with Gasteiger partial charge in [-0.05, 0) is 45.7 Å². The van der Waals surface area contributed by atoms with Crippen molar-refractivity contribution in [3.8, 4) is 0 Å². The molecule has 2 N–H and O–H groups in total. The molecule has 1 aliphatic rings. The molecule has 2 heterocycles. The fraction of sp³-hybridized carbons (Fsp3) is 0.450. The van der Waals surface area contributed by atoms with Crippen LogP contribution in [0, 0.1) is 5.82 Å². The van der Waals surface area contributed by atoms with Crippen molar-refractivity contribution in [2.75, 3.05) is 23.7 Å². The predicted octanol–water partition coefficient (Wildman–Crippen LogP) is 4.17. The molecule has 1 saturated heterocycles. The van der Waals surface area contributed by atoms with E-state index in [-0.39, 0.29) is 18.0 Å². The van der Waals surface area contributed by atoms with Gasteiger partial charge in [-0.1, -0.05) is 18.2 Å². The molecule has 1 aliphatic heterocycles. The Morgan fingerprint density at radius 3 is 2.79 bits per heavy atom. The molecule has 3 rings (SSSR count). The van der Waals surface area contributed by atoms with E-state index in [1.807, 2.05) is 51.1 Å². The second kappa shape index (κ2) is 8.41. The fourth-order valence-electron chi connectivity index (χ4n) is 3.03. The van der Waals surface area contributed by atoms with E-state index in [4.69, 9.17) is 4.74 Å². The van der Waals surface area contributed by atoms with E-state index in [1.165, 1.54) is 0 Å². The molecule has 8 heteroatoms. The molecular weight excluding hydrogens is 361 g/mol. The number of rotatable bonds is 5. The Balaban J connectivity index is 1.63. The van der Waals surface area contributed by atoms with E-state index >= 15 is 0 Å². The molecule has 1 atom stereocenters. The van der Waals surface area contributed by atoms with Crippen LogP contribution >= 0.6 is 0 Å². The zero-order valence-corrected chi connectivity index (χ0v) is 16.4. The van der Waals surface area contributed by atoms with Gasteiger partial charge in [-0.25, -0.2) is 14.2 Å². The highest BCUT2D eigenvalue weighted by Crippen LogP contribution is 2.22. The van der Waals surface area contributed by atoms with Crippen LogP contribution in [0.5, 0.6) is 0 Å². The Labute approximate surface area is 164 Å². The lowest BCUT2D eigenvalue weighted by atomic mass is 10.2. The number of nitrogens with one attached hydrogen (secondary N) is 2. The van der Waals surface area contributed by atoms with Crippen molar-refractivity contribution in [1.29, 1.82) is 0 Å². The van der Waals surface area contributed by atoms with E-state index in [1.54, 1.807) is 4.90 Å². The monoisotopic (exact) mass is 387 g/mol. The quantitative estimate of drug-likeness (QED) is 0.802. The number of nitrogens with zero attached hydrogens (tertiary/aromatic N) is 3. The zero-order chi connectivity index (χ0) is 20.1. The number of hydrogen-bond donors (Lipinski definition) is 2. The Morgan fingerprint density at radius 1 is 1.32 bits per heavy atom. The molecular formula is C20H26FN5O2. The third-order valence-corrected chi connectivity index (χ3v) is 4.28. The number of hydrogen-bond acceptors (Lipinski definition) is 6. The van der Waals surface area contributed by atoms with Gasteiger partial charge in [-0.3, -0.25) is 0 Å². The molecule has 1 fully saturated rings. The maximum absolute atomic E-state index is 14.1. The minimum absolute atomic E-state index is 0.0743. The maximum Gasteiger partial charge on any atom is 0.410 e. The molecule has 2 aromatic rings. The highest BCUT2D eigenvalue weighted by Gasteiger charge is 2.32. The third kappa shape index (κ3) is 5.31. The molecule has 1 aromatic heterocycles. The number of carbonyl (C=O) groups excluding carboxylic acids is 1. The standard InChI is InChI=1S/C20H26FN5O2/c1-20(2,3)28-19(27)26-11-7-10-15(26)12-22-17-16(21)13-23-18(25-17)24-14-8-5-4-6-9-14/h4-6,8-9,13,15H,7,10-12H2,1-3H3,(H2,22,23,24,25). The summed E-state index contributed by atoms with van der Waals surface area (Å²) in [6.07, 6.45) is 2.50. The topological polar surface area (TPSA) is 79.4 Å². The molecule has 0 aliphatic carbocycles. The van der Waals surface area contributed by atoms with Crippen LogP contribution in [0.3, 0.4) is 0 Å². The summed E-state index contributed by atoms with van der Waals surface area (Å²) in [5, 5.41) is 6.05. The Hall–Kier alpha value is -2.90. The summed E-state index contributed by atoms with van der Waals surface area (Å²) in [6.45, 7) is 6.54. The van der Waals surface area contributed by atoms with Crippen LogP contribution in [0.15, 0.2) is 36.5 Å². The van der Waals surface area contributed by atoms with Crippen molar-refractivity contribution < 1.29 is 13.9 Å². The minimum Gasteiger partial charge on any atom is -0.444 e. The molecule has 0 saturated carbocycles. The maximum atomic E-state index is 14.1. The van der Waals surface area contributed by atoms with Gasteiger partial charge in [0.1, 0.15) is 5.60 Å². The molecule has 7 nitrogen and oxygen atoms in total. The number of ether oxygens (including phenoxy) is 1. The number of halogens is 1. The first-order chi connectivity index (χ1) is 13.3. The normalized spacial score (nSPS) is 16.7. The largest absolute Gasteiger partial charge is 0.444 e.